The monoisotopic (exact) mass is 294 g/mol. The average Bonchev–Trinajstić information content (AvgIpc) is 2.53. The van der Waals surface area contributed by atoms with Crippen LogP contribution in [0.25, 0.3) is 0 Å². The van der Waals surface area contributed by atoms with Crippen LogP contribution < -0.4 is 4.74 Å². The second-order valence-electron chi connectivity index (χ2n) is 5.03. The Balaban J connectivity index is 2.29. The van der Waals surface area contributed by atoms with Crippen LogP contribution in [0.5, 0.6) is 11.5 Å². The van der Waals surface area contributed by atoms with E-state index in [0.717, 1.165) is 0 Å². The molecule has 0 bridgehead atoms. The van der Waals surface area contributed by atoms with Crippen molar-refractivity contribution in [1.29, 1.82) is 0 Å². The number of aromatic hydroxyl groups is 1. The van der Waals surface area contributed by atoms with E-state index in [-0.39, 0.29) is 39.6 Å². The van der Waals surface area contributed by atoms with Crippen molar-refractivity contribution in [1.82, 2.24) is 0 Å². The molecule has 0 heterocycles. The highest BCUT2D eigenvalue weighted by Crippen LogP contribution is 2.38. The fraction of sp³-hybridized carbons (Fsp3) is 0.111. The molecule has 4 nitrogen and oxygen atoms in total. The maximum absolute atomic E-state index is 12.7. The molecule has 4 heteroatoms. The van der Waals surface area contributed by atoms with E-state index in [1.807, 2.05) is 0 Å². The number of phenolic OH excluding ortho intramolecular Hbond substituents is 1. The highest BCUT2D eigenvalue weighted by molar-refractivity contribution is 6.30. The van der Waals surface area contributed by atoms with Gasteiger partial charge in [-0.1, -0.05) is 24.3 Å². The summed E-state index contributed by atoms with van der Waals surface area (Å²) in [6.45, 7) is 3.62. The van der Waals surface area contributed by atoms with E-state index in [9.17, 15) is 14.7 Å². The minimum Gasteiger partial charge on any atom is -0.507 e. The maximum Gasteiger partial charge on any atom is 0.198 e. The predicted octanol–water partition coefficient (Wildman–Crippen LogP) is 2.90. The predicted molar refractivity (Wildman–Crippen MR) is 81.9 cm³/mol. The molecule has 0 aliphatic heterocycles. The smallest absolute Gasteiger partial charge is 0.198 e. The van der Waals surface area contributed by atoms with Gasteiger partial charge >= 0.3 is 0 Å². The number of carbonyl (C=O) groups excluding carboxylic acids is 2. The first-order chi connectivity index (χ1) is 10.6. The Kier molecular flexibility index (Phi) is 3.29. The highest BCUT2D eigenvalue weighted by atomic mass is 16.5. The molecule has 0 amide bonds. The Hall–Kier alpha value is -2.88. The Morgan fingerprint density at radius 1 is 1.09 bits per heavy atom. The normalized spacial score (nSPS) is 12.6. The summed E-state index contributed by atoms with van der Waals surface area (Å²) >= 11 is 0. The van der Waals surface area contributed by atoms with Crippen molar-refractivity contribution >= 4 is 11.6 Å². The van der Waals surface area contributed by atoms with Gasteiger partial charge in [-0.05, 0) is 24.1 Å². The summed E-state index contributed by atoms with van der Waals surface area (Å²) in [7, 11) is 1.45. The van der Waals surface area contributed by atoms with E-state index in [1.165, 1.54) is 7.11 Å². The second-order valence-corrected chi connectivity index (χ2v) is 5.03. The fourth-order valence-corrected chi connectivity index (χ4v) is 2.77. The van der Waals surface area contributed by atoms with Gasteiger partial charge in [0.2, 0.25) is 0 Å². The minimum atomic E-state index is -0.369. The third-order valence-electron chi connectivity index (χ3n) is 3.82. The summed E-state index contributed by atoms with van der Waals surface area (Å²) in [5.74, 6) is -0.477. The van der Waals surface area contributed by atoms with E-state index >= 15 is 0 Å². The third kappa shape index (κ3) is 1.84. The molecule has 0 unspecified atom stereocenters. The molecule has 0 saturated heterocycles. The van der Waals surface area contributed by atoms with E-state index in [2.05, 4.69) is 6.58 Å². The van der Waals surface area contributed by atoms with E-state index in [1.54, 1.807) is 36.4 Å². The van der Waals surface area contributed by atoms with Crippen molar-refractivity contribution in [3.8, 4) is 11.5 Å². The molecule has 2 aromatic carbocycles. The highest BCUT2D eigenvalue weighted by Gasteiger charge is 2.34. The van der Waals surface area contributed by atoms with Crippen LogP contribution in [0.4, 0.5) is 0 Å². The zero-order valence-electron chi connectivity index (χ0n) is 12.1. The molecule has 0 fully saturated rings. The van der Waals surface area contributed by atoms with Crippen LogP contribution >= 0.6 is 0 Å². The lowest BCUT2D eigenvalue weighted by Crippen LogP contribution is -2.22. The molecule has 1 aliphatic rings. The Morgan fingerprint density at radius 3 is 2.45 bits per heavy atom. The van der Waals surface area contributed by atoms with Crippen LogP contribution in [0, 0.1) is 0 Å². The summed E-state index contributed by atoms with van der Waals surface area (Å²) in [6, 6.07) is 8.07. The zero-order valence-corrected chi connectivity index (χ0v) is 12.1. The van der Waals surface area contributed by atoms with Crippen LogP contribution in [0.1, 0.15) is 37.4 Å². The lowest BCUT2D eigenvalue weighted by molar-refractivity contribution is 0.0974. The molecule has 1 N–H and O–H groups in total. The van der Waals surface area contributed by atoms with Gasteiger partial charge < -0.3 is 9.84 Å². The summed E-state index contributed by atoms with van der Waals surface area (Å²) in [6.07, 6.45) is 2.05. The molecule has 0 aromatic heterocycles. The standard InChI is InChI=1S/C18H14O4/c1-3-5-10-8-9-12-15(16(10)19)18(21)11-6-4-7-13(22-2)14(11)17(12)20/h3-4,6-9,19H,1,5H2,2H3. The minimum absolute atomic E-state index is 0.0603. The molecule has 0 saturated carbocycles. The third-order valence-corrected chi connectivity index (χ3v) is 3.82. The quantitative estimate of drug-likeness (QED) is 0.754. The number of ether oxygens (including phenoxy) is 1. The average molecular weight is 294 g/mol. The van der Waals surface area contributed by atoms with Gasteiger partial charge in [0.25, 0.3) is 0 Å². The van der Waals surface area contributed by atoms with Gasteiger partial charge in [-0.25, -0.2) is 0 Å². The Labute approximate surface area is 127 Å². The number of benzene rings is 2. The summed E-state index contributed by atoms with van der Waals surface area (Å²) < 4.78 is 5.19. The van der Waals surface area contributed by atoms with Crippen LogP contribution in [0.15, 0.2) is 43.0 Å². The van der Waals surface area contributed by atoms with E-state index in [0.29, 0.717) is 17.7 Å². The summed E-state index contributed by atoms with van der Waals surface area (Å²) in [5.41, 5.74) is 1.33. The topological polar surface area (TPSA) is 63.6 Å². The van der Waals surface area contributed by atoms with Crippen molar-refractivity contribution < 1.29 is 19.4 Å². The zero-order chi connectivity index (χ0) is 15.9. The molecular formula is C18H14O4. The van der Waals surface area contributed by atoms with Crippen molar-refractivity contribution in [3.63, 3.8) is 0 Å². The van der Waals surface area contributed by atoms with Crippen LogP contribution in [-0.2, 0) is 6.42 Å². The van der Waals surface area contributed by atoms with Crippen LogP contribution in [0.3, 0.4) is 0 Å². The number of phenols is 1. The van der Waals surface area contributed by atoms with Gasteiger partial charge in [-0.3, -0.25) is 9.59 Å². The lowest BCUT2D eigenvalue weighted by Gasteiger charge is -2.21. The maximum atomic E-state index is 12.7. The number of rotatable bonds is 3. The molecular weight excluding hydrogens is 280 g/mol. The van der Waals surface area contributed by atoms with Gasteiger partial charge in [0.1, 0.15) is 11.5 Å². The summed E-state index contributed by atoms with van der Waals surface area (Å²) in [4.78, 5) is 25.4. The Bertz CT molecular complexity index is 818. The van der Waals surface area contributed by atoms with Gasteiger partial charge in [0, 0.05) is 11.1 Å². The number of carbonyl (C=O) groups is 2. The molecule has 110 valence electrons. The summed E-state index contributed by atoms with van der Waals surface area (Å²) in [5, 5.41) is 10.4. The molecule has 1 aliphatic carbocycles. The van der Waals surface area contributed by atoms with Gasteiger partial charge in [0.15, 0.2) is 11.6 Å². The lowest BCUT2D eigenvalue weighted by atomic mass is 9.82. The van der Waals surface area contributed by atoms with Crippen LogP contribution in [0.2, 0.25) is 0 Å². The molecule has 3 rings (SSSR count). The van der Waals surface area contributed by atoms with Crippen LogP contribution in [-0.4, -0.2) is 23.8 Å². The number of methoxy groups -OCH3 is 1. The molecule has 22 heavy (non-hydrogen) atoms. The molecule has 0 atom stereocenters. The van der Waals surface area contributed by atoms with Gasteiger partial charge in [-0.15, -0.1) is 6.58 Å². The van der Waals surface area contributed by atoms with Gasteiger partial charge in [-0.2, -0.15) is 0 Å². The molecule has 2 aromatic rings. The van der Waals surface area contributed by atoms with Crippen molar-refractivity contribution in [3.05, 3.63) is 70.8 Å². The largest absolute Gasteiger partial charge is 0.507 e. The fourth-order valence-electron chi connectivity index (χ4n) is 2.77. The number of fused-ring (bicyclic) bond motifs is 2. The van der Waals surface area contributed by atoms with E-state index < -0.39 is 0 Å². The number of hydrogen-bond donors (Lipinski definition) is 1. The van der Waals surface area contributed by atoms with E-state index in [4.69, 9.17) is 4.74 Å². The Morgan fingerprint density at radius 2 is 1.77 bits per heavy atom. The first kappa shape index (κ1) is 14.1. The number of ketones is 2. The molecule has 0 spiro atoms. The van der Waals surface area contributed by atoms with Crippen molar-refractivity contribution in [2.75, 3.05) is 7.11 Å². The number of hydrogen-bond acceptors (Lipinski definition) is 4. The first-order valence-corrected chi connectivity index (χ1v) is 6.82. The molecule has 0 radical (unpaired) electrons. The van der Waals surface area contributed by atoms with Gasteiger partial charge in [0.05, 0.1) is 18.2 Å². The number of allylic oxidation sites excluding steroid dienone is 1. The second kappa shape index (κ2) is 5.15. The first-order valence-electron chi connectivity index (χ1n) is 6.82. The SMILES string of the molecule is C=CCc1ccc2c(c1O)C(=O)c1cccc(OC)c1C2=O. The van der Waals surface area contributed by atoms with Crippen molar-refractivity contribution in [2.24, 2.45) is 0 Å². The van der Waals surface area contributed by atoms with Crippen molar-refractivity contribution in [2.45, 2.75) is 6.42 Å².